The Morgan fingerprint density at radius 3 is 2.04 bits per heavy atom. The maximum Gasteiger partial charge on any atom is 0.325 e. The van der Waals surface area contributed by atoms with Crippen molar-refractivity contribution in [3.8, 4) is 0 Å². The highest BCUT2D eigenvalue weighted by molar-refractivity contribution is 6.59. The molecule has 0 bridgehead atoms. The summed E-state index contributed by atoms with van der Waals surface area (Å²) < 4.78 is 4.96. The number of nitrogens with zero attached hydrogens (tertiary/aromatic N) is 1. The summed E-state index contributed by atoms with van der Waals surface area (Å²) in [5.41, 5.74) is 0. The first-order chi connectivity index (χ1) is 12.2. The van der Waals surface area contributed by atoms with Gasteiger partial charge in [0.1, 0.15) is 30.1 Å². The van der Waals surface area contributed by atoms with Crippen LogP contribution in [0.3, 0.4) is 0 Å². The van der Waals surface area contributed by atoms with Crippen molar-refractivity contribution >= 4 is 41.4 Å². The molecule has 0 aliphatic heterocycles. The SMILES string of the molecule is BC(B)(B)N(CC(=O)OCC)C(=N)NC(=O)CCCCCCCCCC. The number of rotatable bonds is 13. The Bertz CT molecular complexity index is 443. The highest BCUT2D eigenvalue weighted by Crippen LogP contribution is 2.10. The largest absolute Gasteiger partial charge is 0.465 e. The number of nitrogens with one attached hydrogen (secondary N) is 2. The minimum Gasteiger partial charge on any atom is -0.465 e. The van der Waals surface area contributed by atoms with E-state index < -0.39 is 11.2 Å². The van der Waals surface area contributed by atoms with Crippen molar-refractivity contribution in [2.75, 3.05) is 13.2 Å². The fourth-order valence-corrected chi connectivity index (χ4v) is 2.67. The van der Waals surface area contributed by atoms with E-state index in [1.165, 1.54) is 32.1 Å². The van der Waals surface area contributed by atoms with Crippen LogP contribution in [0.2, 0.25) is 0 Å². The third-order valence-corrected chi connectivity index (χ3v) is 4.19. The molecule has 2 N–H and O–H groups in total. The van der Waals surface area contributed by atoms with E-state index in [4.69, 9.17) is 10.1 Å². The number of carbonyl (C=O) groups is 2. The number of hydrogen-bond acceptors (Lipinski definition) is 4. The molecule has 0 aliphatic carbocycles. The van der Waals surface area contributed by atoms with E-state index >= 15 is 0 Å². The second-order valence-electron chi connectivity index (χ2n) is 7.68. The molecular weight excluding hydrogens is 327 g/mol. The molecule has 0 saturated carbocycles. The van der Waals surface area contributed by atoms with Crippen LogP contribution in [0.25, 0.3) is 0 Å². The molecule has 0 radical (unpaired) electrons. The van der Waals surface area contributed by atoms with Crippen LogP contribution in [0, 0.1) is 5.41 Å². The minimum absolute atomic E-state index is 0.0462. The van der Waals surface area contributed by atoms with Gasteiger partial charge in [0.25, 0.3) is 0 Å². The van der Waals surface area contributed by atoms with Crippen LogP contribution in [-0.2, 0) is 14.3 Å². The van der Waals surface area contributed by atoms with Crippen LogP contribution in [0.15, 0.2) is 0 Å². The van der Waals surface area contributed by atoms with Gasteiger partial charge in [-0.2, -0.15) is 0 Å². The van der Waals surface area contributed by atoms with Crippen LogP contribution in [-0.4, -0.2) is 64.7 Å². The van der Waals surface area contributed by atoms with Gasteiger partial charge in [0.05, 0.1) is 6.61 Å². The van der Waals surface area contributed by atoms with Crippen molar-refractivity contribution in [3.63, 3.8) is 0 Å². The van der Waals surface area contributed by atoms with Gasteiger partial charge >= 0.3 is 5.97 Å². The summed E-state index contributed by atoms with van der Waals surface area (Å²) in [5.74, 6) is -0.612. The van der Waals surface area contributed by atoms with E-state index in [-0.39, 0.29) is 18.4 Å². The molecule has 0 saturated heterocycles. The normalized spacial score (nSPS) is 11.0. The van der Waals surface area contributed by atoms with Gasteiger partial charge in [-0.05, 0) is 18.6 Å². The predicted molar refractivity (Wildman–Crippen MR) is 115 cm³/mol. The number of unbranched alkanes of at least 4 members (excludes halogenated alkanes) is 7. The van der Waals surface area contributed by atoms with Crippen LogP contribution in [0.4, 0.5) is 0 Å². The summed E-state index contributed by atoms with van der Waals surface area (Å²) in [6.45, 7) is 4.21. The summed E-state index contributed by atoms with van der Waals surface area (Å²) in [5, 5.41) is 10.3. The lowest BCUT2D eigenvalue weighted by Gasteiger charge is -2.37. The van der Waals surface area contributed by atoms with E-state index in [9.17, 15) is 9.59 Å². The van der Waals surface area contributed by atoms with E-state index in [1.807, 2.05) is 23.5 Å². The summed E-state index contributed by atoms with van der Waals surface area (Å²) >= 11 is 0. The molecule has 0 aromatic heterocycles. The zero-order valence-electron chi connectivity index (χ0n) is 17.5. The molecule has 0 aliphatic rings. The van der Waals surface area contributed by atoms with Crippen LogP contribution in [0.1, 0.15) is 71.6 Å². The average molecular weight is 363 g/mol. The summed E-state index contributed by atoms with van der Waals surface area (Å²) in [4.78, 5) is 25.4. The molecule has 1 amide bonds. The van der Waals surface area contributed by atoms with Gasteiger partial charge in [-0.25, -0.2) is 0 Å². The Morgan fingerprint density at radius 1 is 1.00 bits per heavy atom. The Balaban J connectivity index is 4.19. The van der Waals surface area contributed by atoms with Crippen LogP contribution < -0.4 is 5.32 Å². The summed E-state index contributed by atoms with van der Waals surface area (Å²) in [6, 6.07) is 0. The topological polar surface area (TPSA) is 82.5 Å². The highest BCUT2D eigenvalue weighted by atomic mass is 16.5. The molecule has 0 atom stereocenters. The number of esters is 1. The van der Waals surface area contributed by atoms with E-state index in [0.717, 1.165) is 19.3 Å². The van der Waals surface area contributed by atoms with Crippen molar-refractivity contribution in [2.24, 2.45) is 0 Å². The first-order valence-electron chi connectivity index (χ1n) is 10.0. The number of hydrogen-bond donors (Lipinski definition) is 2. The van der Waals surface area contributed by atoms with Gasteiger partial charge in [-0.15, -0.1) is 0 Å². The molecule has 6 nitrogen and oxygen atoms in total. The number of ether oxygens (including phenoxy) is 1. The molecule has 146 valence electrons. The Morgan fingerprint density at radius 2 is 1.54 bits per heavy atom. The molecule has 0 spiro atoms. The lowest BCUT2D eigenvalue weighted by atomic mass is 9.48. The third kappa shape index (κ3) is 12.0. The monoisotopic (exact) mass is 363 g/mol. The van der Waals surface area contributed by atoms with E-state index in [0.29, 0.717) is 13.0 Å². The average Bonchev–Trinajstić information content (AvgIpc) is 2.54. The third-order valence-electron chi connectivity index (χ3n) is 4.19. The van der Waals surface area contributed by atoms with Crippen LogP contribution in [0.5, 0.6) is 0 Å². The van der Waals surface area contributed by atoms with Crippen molar-refractivity contribution < 1.29 is 14.3 Å². The molecule has 0 unspecified atom stereocenters. The van der Waals surface area contributed by atoms with Gasteiger partial charge in [0.2, 0.25) is 5.91 Å². The fourth-order valence-electron chi connectivity index (χ4n) is 2.67. The van der Waals surface area contributed by atoms with Gasteiger partial charge in [0, 0.05) is 6.42 Å². The second kappa shape index (κ2) is 13.8. The van der Waals surface area contributed by atoms with Crippen molar-refractivity contribution in [2.45, 2.75) is 76.9 Å². The minimum atomic E-state index is -0.463. The van der Waals surface area contributed by atoms with Gasteiger partial charge < -0.3 is 9.64 Å². The van der Waals surface area contributed by atoms with Crippen LogP contribution >= 0.6 is 0 Å². The molecule has 0 heterocycles. The molecule has 0 aromatic carbocycles. The first-order valence-corrected chi connectivity index (χ1v) is 10.0. The number of amides is 1. The Labute approximate surface area is 161 Å². The van der Waals surface area contributed by atoms with Gasteiger partial charge in [-0.1, -0.05) is 51.9 Å². The summed E-state index contributed by atoms with van der Waals surface area (Å²) in [6.07, 6.45) is 9.82. The zero-order chi connectivity index (χ0) is 20.0. The molecule has 0 fully saturated rings. The van der Waals surface area contributed by atoms with E-state index in [1.54, 1.807) is 11.8 Å². The Hall–Kier alpha value is -1.40. The first kappa shape index (κ1) is 24.6. The van der Waals surface area contributed by atoms with E-state index in [2.05, 4.69) is 12.2 Å². The number of carbonyl (C=O) groups excluding carboxylic acids is 2. The van der Waals surface area contributed by atoms with Gasteiger partial charge in [0.15, 0.2) is 5.96 Å². The molecule has 26 heavy (non-hydrogen) atoms. The van der Waals surface area contributed by atoms with Crippen molar-refractivity contribution in [1.82, 2.24) is 10.2 Å². The maximum atomic E-state index is 12.1. The molecule has 0 aromatic rings. The highest BCUT2D eigenvalue weighted by Gasteiger charge is 2.27. The molecular formula is C17H36B3N3O3. The lowest BCUT2D eigenvalue weighted by Crippen LogP contribution is -2.59. The second-order valence-corrected chi connectivity index (χ2v) is 7.68. The smallest absolute Gasteiger partial charge is 0.325 e. The molecule has 0 rings (SSSR count). The zero-order valence-corrected chi connectivity index (χ0v) is 17.5. The lowest BCUT2D eigenvalue weighted by molar-refractivity contribution is -0.143. The maximum absolute atomic E-state index is 12.1. The van der Waals surface area contributed by atoms with Crippen molar-refractivity contribution in [3.05, 3.63) is 0 Å². The fraction of sp³-hybridized carbons (Fsp3) is 0.824. The molecule has 9 heteroatoms. The Kier molecular flexibility index (Phi) is 13.0. The standard InChI is InChI=1S/C17H36B3N3O3/c1-3-5-6-7-8-9-10-11-12-14(24)22-16(21)23(17(18,19)20)13-15(25)26-4-2/h3-13,18-20H2,1-2H3,(H2,21,22,24). The van der Waals surface area contributed by atoms with Gasteiger partial charge in [-0.3, -0.25) is 20.3 Å². The van der Waals surface area contributed by atoms with Crippen molar-refractivity contribution in [1.29, 1.82) is 5.41 Å². The quantitative estimate of drug-likeness (QED) is 0.158. The summed E-state index contributed by atoms with van der Waals surface area (Å²) in [7, 11) is 5.68. The number of guanidine groups is 1. The predicted octanol–water partition coefficient (Wildman–Crippen LogP) is -0.0561.